The van der Waals surface area contributed by atoms with Crippen LogP contribution in [0, 0.1) is 12.3 Å². The highest BCUT2D eigenvalue weighted by molar-refractivity contribution is 5.95. The molecule has 0 radical (unpaired) electrons. The first-order valence-electron chi connectivity index (χ1n) is 8.63. The largest absolute Gasteiger partial charge is 0.336 e. The lowest BCUT2D eigenvalue weighted by molar-refractivity contribution is 0.0703. The maximum Gasteiger partial charge on any atom is 0.257 e. The van der Waals surface area contributed by atoms with Crippen LogP contribution >= 0.6 is 0 Å². The number of hydrogen-bond acceptors (Lipinski definition) is 3. The van der Waals surface area contributed by atoms with Crippen LogP contribution in [0.2, 0.25) is 0 Å². The Bertz CT molecular complexity index is 715. The van der Waals surface area contributed by atoms with E-state index in [0.29, 0.717) is 11.6 Å². The molecule has 2 aromatic rings. The summed E-state index contributed by atoms with van der Waals surface area (Å²) in [7, 11) is 0. The van der Waals surface area contributed by atoms with Gasteiger partial charge in [0, 0.05) is 25.0 Å². The van der Waals surface area contributed by atoms with Crippen molar-refractivity contribution >= 4 is 5.91 Å². The van der Waals surface area contributed by atoms with Gasteiger partial charge in [-0.3, -0.25) is 9.78 Å². The third kappa shape index (κ3) is 3.35. The summed E-state index contributed by atoms with van der Waals surface area (Å²) in [5.74, 6) is 0.111. The molecular weight excluding hydrogens is 300 g/mol. The van der Waals surface area contributed by atoms with E-state index in [2.05, 4.69) is 30.9 Å². The van der Waals surface area contributed by atoms with Crippen molar-refractivity contribution in [1.29, 1.82) is 0 Å². The van der Waals surface area contributed by atoms with E-state index in [1.165, 1.54) is 0 Å². The number of carbonyl (C=O) groups excluding carboxylic acids is 1. The SMILES string of the molecule is Cc1c(C(=O)N2CCC[C@@H]2CC(C)(C)C)cnn1-c1ccncc1. The van der Waals surface area contributed by atoms with Crippen LogP contribution in [0.25, 0.3) is 5.69 Å². The quantitative estimate of drug-likeness (QED) is 0.865. The lowest BCUT2D eigenvalue weighted by atomic mass is 9.87. The molecule has 2 aromatic heterocycles. The van der Waals surface area contributed by atoms with Crippen LogP contribution < -0.4 is 0 Å². The number of amides is 1. The minimum atomic E-state index is 0.111. The molecule has 3 rings (SSSR count). The monoisotopic (exact) mass is 326 g/mol. The summed E-state index contributed by atoms with van der Waals surface area (Å²) in [6, 6.07) is 4.13. The molecule has 0 spiro atoms. The number of carbonyl (C=O) groups is 1. The maximum absolute atomic E-state index is 13.1. The number of pyridine rings is 1. The van der Waals surface area contributed by atoms with Crippen LogP contribution in [-0.2, 0) is 0 Å². The molecule has 5 heteroatoms. The Morgan fingerprint density at radius 2 is 2.00 bits per heavy atom. The van der Waals surface area contributed by atoms with Crippen LogP contribution in [0.3, 0.4) is 0 Å². The van der Waals surface area contributed by atoms with Gasteiger partial charge in [0.25, 0.3) is 5.91 Å². The van der Waals surface area contributed by atoms with Crippen molar-refractivity contribution in [2.45, 2.75) is 53.0 Å². The first-order valence-corrected chi connectivity index (χ1v) is 8.63. The van der Waals surface area contributed by atoms with Gasteiger partial charge >= 0.3 is 0 Å². The molecule has 24 heavy (non-hydrogen) atoms. The summed E-state index contributed by atoms with van der Waals surface area (Å²) in [4.78, 5) is 19.1. The smallest absolute Gasteiger partial charge is 0.257 e. The molecule has 128 valence electrons. The Morgan fingerprint density at radius 3 is 2.67 bits per heavy atom. The number of rotatable bonds is 3. The fraction of sp³-hybridized carbons (Fsp3) is 0.526. The third-order valence-electron chi connectivity index (χ3n) is 4.63. The maximum atomic E-state index is 13.1. The average Bonchev–Trinajstić information content (AvgIpc) is 3.12. The van der Waals surface area contributed by atoms with Crippen molar-refractivity contribution in [1.82, 2.24) is 19.7 Å². The van der Waals surface area contributed by atoms with Crippen molar-refractivity contribution in [2.75, 3.05) is 6.54 Å². The summed E-state index contributed by atoms with van der Waals surface area (Å²) in [6.07, 6.45) is 8.39. The molecule has 1 amide bonds. The second kappa shape index (κ2) is 6.38. The summed E-state index contributed by atoms with van der Waals surface area (Å²) >= 11 is 0. The minimum Gasteiger partial charge on any atom is -0.336 e. The zero-order valence-electron chi connectivity index (χ0n) is 15.0. The van der Waals surface area contributed by atoms with E-state index >= 15 is 0 Å². The van der Waals surface area contributed by atoms with Gasteiger partial charge in [-0.1, -0.05) is 20.8 Å². The first kappa shape index (κ1) is 16.7. The molecule has 0 saturated carbocycles. The zero-order chi connectivity index (χ0) is 17.3. The van der Waals surface area contributed by atoms with Gasteiger partial charge in [-0.15, -0.1) is 0 Å². The number of likely N-dealkylation sites (tertiary alicyclic amines) is 1. The Hall–Kier alpha value is -2.17. The molecule has 1 atom stereocenters. The predicted octanol–water partition coefficient (Wildman–Crippen LogP) is 3.62. The molecule has 3 heterocycles. The lowest BCUT2D eigenvalue weighted by Crippen LogP contribution is -2.37. The van der Waals surface area contributed by atoms with Crippen LogP contribution in [0.4, 0.5) is 0 Å². The second-order valence-electron chi connectivity index (χ2n) is 7.82. The summed E-state index contributed by atoms with van der Waals surface area (Å²) in [6.45, 7) is 9.51. The molecule has 5 nitrogen and oxygen atoms in total. The summed E-state index contributed by atoms with van der Waals surface area (Å²) in [5.41, 5.74) is 2.73. The fourth-order valence-electron chi connectivity index (χ4n) is 3.54. The summed E-state index contributed by atoms with van der Waals surface area (Å²) < 4.78 is 1.81. The van der Waals surface area contributed by atoms with Gasteiger partial charge in [0.05, 0.1) is 23.1 Å². The van der Waals surface area contributed by atoms with Crippen molar-refractivity contribution in [2.24, 2.45) is 5.41 Å². The van der Waals surface area contributed by atoms with Crippen LogP contribution in [0.5, 0.6) is 0 Å². The van der Waals surface area contributed by atoms with E-state index in [9.17, 15) is 4.79 Å². The van der Waals surface area contributed by atoms with Gasteiger partial charge in [-0.25, -0.2) is 4.68 Å². The van der Waals surface area contributed by atoms with Gasteiger partial charge in [0.2, 0.25) is 0 Å². The van der Waals surface area contributed by atoms with E-state index < -0.39 is 0 Å². The molecule has 0 unspecified atom stereocenters. The van der Waals surface area contributed by atoms with Gasteiger partial charge in [0.1, 0.15) is 0 Å². The normalized spacial score (nSPS) is 18.2. The molecule has 0 aromatic carbocycles. The van der Waals surface area contributed by atoms with Crippen molar-refractivity contribution in [3.8, 4) is 5.69 Å². The zero-order valence-corrected chi connectivity index (χ0v) is 15.0. The minimum absolute atomic E-state index is 0.111. The van der Waals surface area contributed by atoms with Gasteiger partial charge < -0.3 is 4.90 Å². The lowest BCUT2D eigenvalue weighted by Gasteiger charge is -2.30. The second-order valence-corrected chi connectivity index (χ2v) is 7.82. The molecule has 0 N–H and O–H groups in total. The molecule has 0 aliphatic carbocycles. The number of hydrogen-bond donors (Lipinski definition) is 0. The van der Waals surface area contributed by atoms with E-state index in [-0.39, 0.29) is 11.3 Å². The topological polar surface area (TPSA) is 51.0 Å². The van der Waals surface area contributed by atoms with Crippen LogP contribution in [0.15, 0.2) is 30.7 Å². The number of nitrogens with zero attached hydrogens (tertiary/aromatic N) is 4. The highest BCUT2D eigenvalue weighted by Crippen LogP contribution is 2.31. The van der Waals surface area contributed by atoms with Crippen LogP contribution in [0.1, 0.15) is 56.1 Å². The Kier molecular flexibility index (Phi) is 4.43. The van der Waals surface area contributed by atoms with Gasteiger partial charge in [0.15, 0.2) is 0 Å². The molecule has 0 bridgehead atoms. The third-order valence-corrected chi connectivity index (χ3v) is 4.63. The fourth-order valence-corrected chi connectivity index (χ4v) is 3.54. The van der Waals surface area contributed by atoms with Gasteiger partial charge in [-0.05, 0) is 43.7 Å². The molecule has 1 aliphatic rings. The van der Waals surface area contributed by atoms with E-state index in [4.69, 9.17) is 0 Å². The average molecular weight is 326 g/mol. The highest BCUT2D eigenvalue weighted by atomic mass is 16.2. The number of aromatic nitrogens is 3. The van der Waals surface area contributed by atoms with Crippen molar-refractivity contribution < 1.29 is 4.79 Å². The van der Waals surface area contributed by atoms with E-state index in [1.807, 2.05) is 28.6 Å². The highest BCUT2D eigenvalue weighted by Gasteiger charge is 2.33. The Morgan fingerprint density at radius 1 is 1.29 bits per heavy atom. The standard InChI is InChI=1S/C19H26N4O/c1-14-17(13-21-23(14)15-7-9-20-10-8-15)18(24)22-11-5-6-16(22)12-19(2,3)4/h7-10,13,16H,5-6,11-12H2,1-4H3/t16-/m1/s1. The summed E-state index contributed by atoms with van der Waals surface area (Å²) in [5, 5.41) is 4.42. The van der Waals surface area contributed by atoms with E-state index in [0.717, 1.165) is 37.2 Å². The Balaban J connectivity index is 1.84. The van der Waals surface area contributed by atoms with Crippen LogP contribution in [-0.4, -0.2) is 38.2 Å². The van der Waals surface area contributed by atoms with Crippen molar-refractivity contribution in [3.63, 3.8) is 0 Å². The predicted molar refractivity (Wildman–Crippen MR) is 94.2 cm³/mol. The molecule has 1 saturated heterocycles. The molecule has 1 aliphatic heterocycles. The Labute approximate surface area is 143 Å². The molecule has 1 fully saturated rings. The van der Waals surface area contributed by atoms with Gasteiger partial charge in [-0.2, -0.15) is 5.10 Å². The van der Waals surface area contributed by atoms with Crippen molar-refractivity contribution in [3.05, 3.63) is 42.0 Å². The van der Waals surface area contributed by atoms with E-state index in [1.54, 1.807) is 18.6 Å². The molecular formula is C19H26N4O. The first-order chi connectivity index (χ1) is 11.4.